The molecule has 0 radical (unpaired) electrons. The lowest BCUT2D eigenvalue weighted by atomic mass is 9.86. The van der Waals surface area contributed by atoms with Crippen LogP contribution in [0.5, 0.6) is 11.5 Å². The molecule has 2 atom stereocenters. The van der Waals surface area contributed by atoms with E-state index in [-0.39, 0.29) is 17.7 Å². The highest BCUT2D eigenvalue weighted by atomic mass is 32.2. The van der Waals surface area contributed by atoms with E-state index in [1.165, 1.54) is 0 Å². The van der Waals surface area contributed by atoms with Gasteiger partial charge in [0.15, 0.2) is 0 Å². The van der Waals surface area contributed by atoms with E-state index in [4.69, 9.17) is 9.47 Å². The van der Waals surface area contributed by atoms with Crippen molar-refractivity contribution in [2.75, 3.05) is 19.5 Å². The first-order valence-corrected chi connectivity index (χ1v) is 9.46. The molecule has 0 aliphatic heterocycles. The summed E-state index contributed by atoms with van der Waals surface area (Å²) in [5.74, 6) is 1.83. The molecule has 1 aromatic carbocycles. The van der Waals surface area contributed by atoms with Gasteiger partial charge in [0.25, 0.3) is 0 Å². The number of benzene rings is 1. The third-order valence-electron chi connectivity index (χ3n) is 4.13. The first-order valence-electron chi connectivity index (χ1n) is 7.81. The van der Waals surface area contributed by atoms with Crippen LogP contribution in [-0.4, -0.2) is 33.9 Å². The van der Waals surface area contributed by atoms with Crippen molar-refractivity contribution in [3.05, 3.63) is 24.3 Å². The summed E-state index contributed by atoms with van der Waals surface area (Å²) in [7, 11) is -1.55. The molecule has 0 unspecified atom stereocenters. The van der Waals surface area contributed by atoms with Crippen LogP contribution in [0.25, 0.3) is 0 Å². The standard InChI is InChI=1S/C16H25NO4S/c1-3-22(18,19)17-16-10-5-4-7-13(16)12-21-15-9-6-8-14(11-15)20-2/h6,8-9,11,13,16-17H,3-5,7,10,12H2,1-2H3/t13-,16+/m0/s1. The molecule has 1 aliphatic carbocycles. The van der Waals surface area contributed by atoms with Crippen LogP contribution in [0.2, 0.25) is 0 Å². The van der Waals surface area contributed by atoms with Crippen molar-refractivity contribution in [2.24, 2.45) is 5.92 Å². The van der Waals surface area contributed by atoms with Crippen LogP contribution in [0.1, 0.15) is 32.6 Å². The summed E-state index contributed by atoms with van der Waals surface area (Å²) in [6.07, 6.45) is 4.05. The summed E-state index contributed by atoms with van der Waals surface area (Å²) < 4.78 is 37.5. The Kier molecular flexibility index (Phi) is 6.08. The molecule has 1 fully saturated rings. The molecule has 2 rings (SSSR count). The van der Waals surface area contributed by atoms with E-state index < -0.39 is 10.0 Å². The molecule has 0 amide bonds. The Morgan fingerprint density at radius 1 is 1.23 bits per heavy atom. The van der Waals surface area contributed by atoms with Crippen LogP contribution >= 0.6 is 0 Å². The second-order valence-electron chi connectivity index (χ2n) is 5.66. The maximum Gasteiger partial charge on any atom is 0.211 e. The smallest absolute Gasteiger partial charge is 0.211 e. The number of methoxy groups -OCH3 is 1. The van der Waals surface area contributed by atoms with E-state index in [9.17, 15) is 8.42 Å². The second-order valence-corrected chi connectivity index (χ2v) is 7.70. The average Bonchev–Trinajstić information content (AvgIpc) is 2.54. The molecule has 22 heavy (non-hydrogen) atoms. The first-order chi connectivity index (χ1) is 10.5. The van der Waals surface area contributed by atoms with Gasteiger partial charge in [-0.15, -0.1) is 0 Å². The SMILES string of the molecule is CCS(=O)(=O)N[C@@H]1CCCC[C@H]1COc1cccc(OC)c1. The molecule has 6 heteroatoms. The average molecular weight is 327 g/mol. The molecule has 124 valence electrons. The van der Waals surface area contributed by atoms with Crippen LogP contribution in [0.3, 0.4) is 0 Å². The van der Waals surface area contributed by atoms with Gasteiger partial charge in [-0.1, -0.05) is 18.9 Å². The van der Waals surface area contributed by atoms with Crippen LogP contribution in [-0.2, 0) is 10.0 Å². The van der Waals surface area contributed by atoms with Crippen molar-refractivity contribution < 1.29 is 17.9 Å². The molecule has 0 saturated heterocycles. The Morgan fingerprint density at radius 3 is 2.68 bits per heavy atom. The summed E-state index contributed by atoms with van der Waals surface area (Å²) >= 11 is 0. The van der Waals surface area contributed by atoms with Crippen LogP contribution < -0.4 is 14.2 Å². The Bertz CT molecular complexity index is 573. The molecule has 1 saturated carbocycles. The van der Waals surface area contributed by atoms with E-state index >= 15 is 0 Å². The van der Waals surface area contributed by atoms with Gasteiger partial charge in [-0.3, -0.25) is 0 Å². The summed E-state index contributed by atoms with van der Waals surface area (Å²) in [5, 5.41) is 0. The normalized spacial score (nSPS) is 22.3. The lowest BCUT2D eigenvalue weighted by Crippen LogP contribution is -2.44. The third kappa shape index (κ3) is 4.88. The molecule has 5 nitrogen and oxygen atoms in total. The zero-order valence-corrected chi connectivity index (χ0v) is 14.1. The number of sulfonamides is 1. The quantitative estimate of drug-likeness (QED) is 0.836. The van der Waals surface area contributed by atoms with Gasteiger partial charge in [0, 0.05) is 18.0 Å². The van der Waals surface area contributed by atoms with Gasteiger partial charge >= 0.3 is 0 Å². The summed E-state index contributed by atoms with van der Waals surface area (Å²) in [6.45, 7) is 2.18. The second kappa shape index (κ2) is 7.83. The van der Waals surface area contributed by atoms with Crippen LogP contribution in [0.15, 0.2) is 24.3 Å². The van der Waals surface area contributed by atoms with E-state index in [1.54, 1.807) is 14.0 Å². The Morgan fingerprint density at radius 2 is 1.95 bits per heavy atom. The Hall–Kier alpha value is -1.27. The summed E-state index contributed by atoms with van der Waals surface area (Å²) in [5.41, 5.74) is 0. The molecule has 1 aromatic rings. The lowest BCUT2D eigenvalue weighted by Gasteiger charge is -2.31. The predicted molar refractivity (Wildman–Crippen MR) is 86.8 cm³/mol. The van der Waals surface area contributed by atoms with E-state index in [1.807, 2.05) is 24.3 Å². The van der Waals surface area contributed by atoms with Crippen molar-refractivity contribution in [2.45, 2.75) is 38.6 Å². The highest BCUT2D eigenvalue weighted by molar-refractivity contribution is 7.89. The van der Waals surface area contributed by atoms with Crippen molar-refractivity contribution in [3.8, 4) is 11.5 Å². The Balaban J connectivity index is 1.96. The maximum absolute atomic E-state index is 11.8. The van der Waals surface area contributed by atoms with Crippen LogP contribution in [0, 0.1) is 5.92 Å². The van der Waals surface area contributed by atoms with Gasteiger partial charge in [0.2, 0.25) is 10.0 Å². The molecule has 0 spiro atoms. The molecule has 1 aliphatic rings. The molecular weight excluding hydrogens is 302 g/mol. The maximum atomic E-state index is 11.8. The van der Waals surface area contributed by atoms with Crippen molar-refractivity contribution in [1.29, 1.82) is 0 Å². The fourth-order valence-corrected chi connectivity index (χ4v) is 3.71. The number of hydrogen-bond donors (Lipinski definition) is 1. The van der Waals surface area contributed by atoms with Crippen molar-refractivity contribution in [3.63, 3.8) is 0 Å². The summed E-state index contributed by atoms with van der Waals surface area (Å²) in [4.78, 5) is 0. The fourth-order valence-electron chi connectivity index (χ4n) is 2.77. The highest BCUT2D eigenvalue weighted by Crippen LogP contribution is 2.27. The van der Waals surface area contributed by atoms with E-state index in [2.05, 4.69) is 4.72 Å². The van der Waals surface area contributed by atoms with Gasteiger partial charge in [-0.25, -0.2) is 13.1 Å². The van der Waals surface area contributed by atoms with Gasteiger partial charge in [0.05, 0.1) is 19.5 Å². The highest BCUT2D eigenvalue weighted by Gasteiger charge is 2.28. The summed E-state index contributed by atoms with van der Waals surface area (Å²) in [6, 6.07) is 7.45. The van der Waals surface area contributed by atoms with Crippen LogP contribution in [0.4, 0.5) is 0 Å². The first kappa shape index (κ1) is 17.1. The Labute approximate surface area is 133 Å². The topological polar surface area (TPSA) is 64.6 Å². The van der Waals surface area contributed by atoms with Gasteiger partial charge in [-0.2, -0.15) is 0 Å². The van der Waals surface area contributed by atoms with Gasteiger partial charge in [0.1, 0.15) is 11.5 Å². The molecule has 0 bridgehead atoms. The van der Waals surface area contributed by atoms with Crippen molar-refractivity contribution in [1.82, 2.24) is 4.72 Å². The van der Waals surface area contributed by atoms with E-state index in [0.717, 1.165) is 37.2 Å². The lowest BCUT2D eigenvalue weighted by molar-refractivity contribution is 0.180. The zero-order valence-electron chi connectivity index (χ0n) is 13.2. The van der Waals surface area contributed by atoms with Gasteiger partial charge < -0.3 is 9.47 Å². The van der Waals surface area contributed by atoms with Crippen molar-refractivity contribution >= 4 is 10.0 Å². The molecule has 0 heterocycles. The largest absolute Gasteiger partial charge is 0.497 e. The predicted octanol–water partition coefficient (Wildman–Crippen LogP) is 2.57. The van der Waals surface area contributed by atoms with E-state index in [0.29, 0.717) is 6.61 Å². The van der Waals surface area contributed by atoms with Gasteiger partial charge in [-0.05, 0) is 31.9 Å². The molecule has 0 aromatic heterocycles. The third-order valence-corrected chi connectivity index (χ3v) is 5.55. The minimum absolute atomic E-state index is 0.0238. The minimum atomic E-state index is -3.17. The zero-order chi connectivity index (χ0) is 16.0. The molecule has 1 N–H and O–H groups in total. The number of ether oxygens (including phenoxy) is 2. The number of rotatable bonds is 7. The monoisotopic (exact) mass is 327 g/mol. The number of hydrogen-bond acceptors (Lipinski definition) is 4. The number of nitrogens with one attached hydrogen (secondary N) is 1. The molecular formula is C16H25NO4S. The minimum Gasteiger partial charge on any atom is -0.497 e. The fraction of sp³-hybridized carbons (Fsp3) is 0.625.